The number of aromatic nitrogens is 1. The molecule has 134 valence electrons. The molecule has 2 bridgehead atoms. The summed E-state index contributed by atoms with van der Waals surface area (Å²) in [5.74, 6) is 0.704. The van der Waals surface area contributed by atoms with Gasteiger partial charge in [0.05, 0.1) is 6.04 Å². The van der Waals surface area contributed by atoms with E-state index in [2.05, 4.69) is 14.8 Å². The van der Waals surface area contributed by atoms with Gasteiger partial charge in [0.25, 0.3) is 5.91 Å². The number of benzene rings is 1. The number of nitrogens with zero attached hydrogens (tertiary/aromatic N) is 3. The molecule has 6 rings (SSSR count). The Kier molecular flexibility index (Phi) is 3.78. The predicted molar refractivity (Wildman–Crippen MR) is 96.3 cm³/mol. The highest BCUT2D eigenvalue weighted by Gasteiger charge is 2.54. The first-order chi connectivity index (χ1) is 12.7. The number of amides is 1. The second-order valence-electron chi connectivity index (χ2n) is 7.71. The molecule has 4 fully saturated rings. The van der Waals surface area contributed by atoms with Crippen molar-refractivity contribution < 1.29 is 9.18 Å². The Morgan fingerprint density at radius 1 is 1.00 bits per heavy atom. The van der Waals surface area contributed by atoms with Gasteiger partial charge in [0, 0.05) is 36.5 Å². The number of pyridine rings is 1. The Balaban J connectivity index is 1.52. The van der Waals surface area contributed by atoms with Crippen molar-refractivity contribution in [3.63, 3.8) is 0 Å². The van der Waals surface area contributed by atoms with Crippen LogP contribution in [0.15, 0.2) is 48.8 Å². The zero-order chi connectivity index (χ0) is 17.7. The minimum Gasteiger partial charge on any atom is -0.333 e. The third-order valence-electron chi connectivity index (χ3n) is 6.48. The van der Waals surface area contributed by atoms with Gasteiger partial charge in [-0.2, -0.15) is 0 Å². The smallest absolute Gasteiger partial charge is 0.254 e. The van der Waals surface area contributed by atoms with Crippen LogP contribution in [0, 0.1) is 11.7 Å². The molecule has 5 heteroatoms. The number of carbonyl (C=O) groups excluding carboxylic acids is 1. The number of likely N-dealkylation sites (tertiary alicyclic amines) is 1. The number of rotatable bonds is 2. The molecule has 5 heterocycles. The molecule has 0 unspecified atom stereocenters. The lowest BCUT2D eigenvalue weighted by Crippen LogP contribution is -2.60. The quantitative estimate of drug-likeness (QED) is 0.835. The van der Waals surface area contributed by atoms with Crippen LogP contribution in [-0.2, 0) is 0 Å². The number of carbonyl (C=O) groups is 1. The van der Waals surface area contributed by atoms with Crippen LogP contribution in [0.3, 0.4) is 0 Å². The highest BCUT2D eigenvalue weighted by atomic mass is 19.1. The molecule has 1 aromatic carbocycles. The summed E-state index contributed by atoms with van der Waals surface area (Å²) in [5.41, 5.74) is 1.84. The summed E-state index contributed by atoms with van der Waals surface area (Å²) in [5, 5.41) is 0. The lowest BCUT2D eigenvalue weighted by molar-refractivity contribution is -0.00341. The maximum atomic E-state index is 13.4. The SMILES string of the molecule is O=C(c1ccncc1)N1C[C@@H](c2ccc(F)cc2)[C@@H]2[C@H]1C1CCN2CC1. The lowest BCUT2D eigenvalue weighted by atomic mass is 9.75. The van der Waals surface area contributed by atoms with Gasteiger partial charge >= 0.3 is 0 Å². The second-order valence-corrected chi connectivity index (χ2v) is 7.71. The predicted octanol–water partition coefficient (Wildman–Crippen LogP) is 2.92. The summed E-state index contributed by atoms with van der Waals surface area (Å²) in [4.78, 5) is 21.9. The van der Waals surface area contributed by atoms with Crippen LogP contribution in [0.2, 0.25) is 0 Å². The van der Waals surface area contributed by atoms with E-state index in [1.807, 2.05) is 12.1 Å². The first-order valence-electron chi connectivity index (χ1n) is 9.43. The summed E-state index contributed by atoms with van der Waals surface area (Å²) in [7, 11) is 0. The van der Waals surface area contributed by atoms with E-state index < -0.39 is 0 Å². The monoisotopic (exact) mass is 351 g/mol. The Morgan fingerprint density at radius 2 is 1.69 bits per heavy atom. The Hall–Kier alpha value is -2.27. The van der Waals surface area contributed by atoms with Crippen molar-refractivity contribution in [1.82, 2.24) is 14.8 Å². The molecule has 3 atom stereocenters. The van der Waals surface area contributed by atoms with Gasteiger partial charge in [0.15, 0.2) is 0 Å². The van der Waals surface area contributed by atoms with Crippen molar-refractivity contribution in [2.75, 3.05) is 19.6 Å². The molecule has 4 aliphatic heterocycles. The normalized spacial score (nSPS) is 32.5. The van der Waals surface area contributed by atoms with Gasteiger partial charge in [-0.1, -0.05) is 12.1 Å². The van der Waals surface area contributed by atoms with E-state index in [1.165, 1.54) is 12.1 Å². The molecular formula is C21H22FN3O. The van der Waals surface area contributed by atoms with E-state index >= 15 is 0 Å². The third-order valence-corrected chi connectivity index (χ3v) is 6.48. The number of piperidine rings is 3. The Morgan fingerprint density at radius 3 is 2.38 bits per heavy atom. The molecule has 26 heavy (non-hydrogen) atoms. The Labute approximate surface area is 152 Å². The van der Waals surface area contributed by atoms with Gasteiger partial charge in [-0.15, -0.1) is 0 Å². The van der Waals surface area contributed by atoms with Gasteiger partial charge in [0.2, 0.25) is 0 Å². The fourth-order valence-corrected chi connectivity index (χ4v) is 5.32. The summed E-state index contributed by atoms with van der Waals surface area (Å²) < 4.78 is 13.4. The average Bonchev–Trinajstić information content (AvgIpc) is 3.12. The minimum atomic E-state index is -0.210. The van der Waals surface area contributed by atoms with Crippen molar-refractivity contribution in [3.05, 3.63) is 65.7 Å². The molecule has 4 nitrogen and oxygen atoms in total. The van der Waals surface area contributed by atoms with Gasteiger partial charge in [-0.25, -0.2) is 4.39 Å². The largest absolute Gasteiger partial charge is 0.333 e. The Bertz CT molecular complexity index is 802. The fourth-order valence-electron chi connectivity index (χ4n) is 5.32. The highest BCUT2D eigenvalue weighted by Crippen LogP contribution is 2.46. The van der Waals surface area contributed by atoms with Crippen LogP contribution >= 0.6 is 0 Å². The van der Waals surface area contributed by atoms with E-state index in [-0.39, 0.29) is 23.7 Å². The molecule has 4 aliphatic rings. The molecule has 1 aromatic heterocycles. The number of hydrogen-bond donors (Lipinski definition) is 0. The van der Waals surface area contributed by atoms with Gasteiger partial charge in [0.1, 0.15) is 5.82 Å². The molecule has 1 amide bonds. The number of halogens is 1. The molecule has 2 aromatic rings. The molecule has 4 saturated heterocycles. The molecule has 0 aliphatic carbocycles. The molecule has 0 spiro atoms. The van der Waals surface area contributed by atoms with E-state index in [4.69, 9.17) is 0 Å². The third kappa shape index (κ3) is 2.45. The molecule has 0 saturated carbocycles. The number of hydrogen-bond acceptors (Lipinski definition) is 3. The van der Waals surface area contributed by atoms with E-state index in [9.17, 15) is 9.18 Å². The highest BCUT2D eigenvalue weighted by molar-refractivity contribution is 5.94. The molecular weight excluding hydrogens is 329 g/mol. The summed E-state index contributed by atoms with van der Waals surface area (Å²) >= 11 is 0. The maximum absolute atomic E-state index is 13.4. The van der Waals surface area contributed by atoms with Crippen molar-refractivity contribution in [2.24, 2.45) is 5.92 Å². The van der Waals surface area contributed by atoms with Crippen LogP contribution in [-0.4, -0.2) is 52.4 Å². The van der Waals surface area contributed by atoms with Gasteiger partial charge < -0.3 is 4.90 Å². The first-order valence-corrected chi connectivity index (χ1v) is 9.43. The standard InChI is InChI=1S/C21H22FN3O/c22-17-3-1-14(2-4-17)18-13-25(21(26)16-5-9-23-10-6-16)19-15-7-11-24(12-8-15)20(18)19/h1-6,9-10,15,18-20H,7-8,11-13H2/t18-,19+,20+/m0/s1. The van der Waals surface area contributed by atoms with Gasteiger partial charge in [-0.05, 0) is 61.7 Å². The lowest BCUT2D eigenvalue weighted by Gasteiger charge is -2.51. The second kappa shape index (κ2) is 6.16. The van der Waals surface area contributed by atoms with E-state index in [0.717, 1.165) is 31.5 Å². The van der Waals surface area contributed by atoms with Crippen molar-refractivity contribution >= 4 is 5.91 Å². The average molecular weight is 351 g/mol. The zero-order valence-corrected chi connectivity index (χ0v) is 14.6. The first kappa shape index (κ1) is 15.9. The van der Waals surface area contributed by atoms with Crippen LogP contribution in [0.1, 0.15) is 34.7 Å². The number of fused-ring (bicyclic) bond motifs is 2. The topological polar surface area (TPSA) is 36.4 Å². The fraction of sp³-hybridized carbons (Fsp3) is 0.429. The maximum Gasteiger partial charge on any atom is 0.254 e. The van der Waals surface area contributed by atoms with Crippen LogP contribution in [0.4, 0.5) is 4.39 Å². The summed E-state index contributed by atoms with van der Waals surface area (Å²) in [6.45, 7) is 2.93. The molecule has 0 N–H and O–H groups in total. The van der Waals surface area contributed by atoms with Crippen molar-refractivity contribution in [3.8, 4) is 0 Å². The summed E-state index contributed by atoms with van der Waals surface area (Å²) in [6, 6.07) is 11.0. The van der Waals surface area contributed by atoms with E-state index in [1.54, 1.807) is 24.5 Å². The summed E-state index contributed by atoms with van der Waals surface area (Å²) in [6.07, 6.45) is 5.68. The zero-order valence-electron chi connectivity index (χ0n) is 14.6. The van der Waals surface area contributed by atoms with Crippen molar-refractivity contribution in [1.29, 1.82) is 0 Å². The van der Waals surface area contributed by atoms with Crippen LogP contribution in [0.25, 0.3) is 0 Å². The minimum absolute atomic E-state index is 0.0979. The van der Waals surface area contributed by atoms with E-state index in [0.29, 0.717) is 24.1 Å². The molecule has 0 radical (unpaired) electrons. The van der Waals surface area contributed by atoms with Crippen LogP contribution in [0.5, 0.6) is 0 Å². The van der Waals surface area contributed by atoms with Gasteiger partial charge in [-0.3, -0.25) is 14.7 Å². The van der Waals surface area contributed by atoms with Crippen molar-refractivity contribution in [2.45, 2.75) is 30.8 Å². The van der Waals surface area contributed by atoms with Crippen LogP contribution < -0.4 is 0 Å².